The highest BCUT2D eigenvalue weighted by Gasteiger charge is 2.16. The Kier molecular flexibility index (Phi) is 6.65. The second-order valence-electron chi connectivity index (χ2n) is 8.33. The molecule has 0 aliphatic carbocycles. The number of amides is 1. The summed E-state index contributed by atoms with van der Waals surface area (Å²) < 4.78 is 28.0. The third-order valence-corrected chi connectivity index (χ3v) is 7.28. The van der Waals surface area contributed by atoms with Crippen LogP contribution >= 0.6 is 0 Å². The number of carbonyl (C=O) groups is 1. The van der Waals surface area contributed by atoms with Gasteiger partial charge in [0.25, 0.3) is 15.9 Å². The quantitative estimate of drug-likeness (QED) is 0.551. The third-order valence-electron chi connectivity index (χ3n) is 5.88. The van der Waals surface area contributed by atoms with Crippen LogP contribution in [-0.2, 0) is 16.6 Å². The fourth-order valence-electron chi connectivity index (χ4n) is 3.74. The highest BCUT2D eigenvalue weighted by molar-refractivity contribution is 7.92. The van der Waals surface area contributed by atoms with Gasteiger partial charge < -0.3 is 10.2 Å². The van der Waals surface area contributed by atoms with Gasteiger partial charge in [0.1, 0.15) is 5.82 Å². The molecule has 0 saturated carbocycles. The number of hydrogen-bond donors (Lipinski definition) is 2. The van der Waals surface area contributed by atoms with Gasteiger partial charge in [0, 0.05) is 37.1 Å². The van der Waals surface area contributed by atoms with Crippen molar-refractivity contribution in [3.8, 4) is 0 Å². The van der Waals surface area contributed by atoms with E-state index in [0.717, 1.165) is 35.6 Å². The van der Waals surface area contributed by atoms with E-state index in [-0.39, 0.29) is 10.8 Å². The summed E-state index contributed by atoms with van der Waals surface area (Å²) in [6, 6.07) is 15.2. The normalized spacial score (nSPS) is 13.7. The van der Waals surface area contributed by atoms with Crippen LogP contribution in [0.25, 0.3) is 0 Å². The fourth-order valence-corrected chi connectivity index (χ4v) is 4.79. The van der Waals surface area contributed by atoms with Crippen molar-refractivity contribution in [3.63, 3.8) is 0 Å². The van der Waals surface area contributed by atoms with Crippen LogP contribution in [0.4, 0.5) is 11.5 Å². The lowest BCUT2D eigenvalue weighted by Crippen LogP contribution is -2.23. The average Bonchev–Trinajstić information content (AvgIpc) is 3.35. The summed E-state index contributed by atoms with van der Waals surface area (Å²) >= 11 is 0. The summed E-state index contributed by atoms with van der Waals surface area (Å²) in [5.41, 5.74) is 3.89. The molecule has 1 amide bonds. The van der Waals surface area contributed by atoms with Gasteiger partial charge in [0.05, 0.1) is 4.90 Å². The Bertz CT molecular complexity index is 1230. The Morgan fingerprint density at radius 3 is 2.33 bits per heavy atom. The van der Waals surface area contributed by atoms with Crippen molar-refractivity contribution in [2.45, 2.75) is 38.1 Å². The zero-order valence-corrected chi connectivity index (χ0v) is 19.7. The zero-order chi connectivity index (χ0) is 23.4. The highest BCUT2D eigenvalue weighted by Crippen LogP contribution is 2.20. The third kappa shape index (κ3) is 5.51. The van der Waals surface area contributed by atoms with Crippen molar-refractivity contribution in [1.82, 2.24) is 10.3 Å². The van der Waals surface area contributed by atoms with Crippen LogP contribution in [-0.4, -0.2) is 32.4 Å². The first-order valence-corrected chi connectivity index (χ1v) is 12.5. The molecule has 172 valence electrons. The Morgan fingerprint density at radius 2 is 1.70 bits per heavy atom. The summed E-state index contributed by atoms with van der Waals surface area (Å²) in [5, 5.41) is 2.86. The van der Waals surface area contributed by atoms with Crippen LogP contribution in [0.3, 0.4) is 0 Å². The zero-order valence-electron chi connectivity index (χ0n) is 18.8. The number of nitrogens with zero attached hydrogens (tertiary/aromatic N) is 2. The molecule has 2 N–H and O–H groups in total. The summed E-state index contributed by atoms with van der Waals surface area (Å²) in [4.78, 5) is 19.4. The Hall–Kier alpha value is -3.39. The van der Waals surface area contributed by atoms with Crippen molar-refractivity contribution in [2.75, 3.05) is 22.7 Å². The first-order valence-electron chi connectivity index (χ1n) is 11.0. The fraction of sp³-hybridized carbons (Fsp3) is 0.280. The first kappa shape index (κ1) is 22.8. The predicted octanol–water partition coefficient (Wildman–Crippen LogP) is 4.03. The summed E-state index contributed by atoms with van der Waals surface area (Å²) in [6.07, 6.45) is 4.17. The maximum Gasteiger partial charge on any atom is 0.261 e. The van der Waals surface area contributed by atoms with Gasteiger partial charge in [-0.15, -0.1) is 0 Å². The average molecular weight is 465 g/mol. The molecule has 2 heterocycles. The minimum absolute atomic E-state index is 0.0963. The Morgan fingerprint density at radius 1 is 0.970 bits per heavy atom. The predicted molar refractivity (Wildman–Crippen MR) is 130 cm³/mol. The Labute approximate surface area is 194 Å². The van der Waals surface area contributed by atoms with E-state index in [4.69, 9.17) is 0 Å². The van der Waals surface area contributed by atoms with Gasteiger partial charge in [-0.2, -0.15) is 0 Å². The van der Waals surface area contributed by atoms with Gasteiger partial charge in [0.15, 0.2) is 0 Å². The number of aryl methyl sites for hydroxylation is 2. The topological polar surface area (TPSA) is 91.4 Å². The van der Waals surface area contributed by atoms with Crippen molar-refractivity contribution in [2.24, 2.45) is 0 Å². The largest absolute Gasteiger partial charge is 0.357 e. The molecule has 1 aliphatic rings. The van der Waals surface area contributed by atoms with Gasteiger partial charge in [0.2, 0.25) is 0 Å². The van der Waals surface area contributed by atoms with E-state index in [0.29, 0.717) is 17.8 Å². The molecule has 0 spiro atoms. The van der Waals surface area contributed by atoms with Gasteiger partial charge in [-0.1, -0.05) is 12.1 Å². The van der Waals surface area contributed by atoms with Crippen LogP contribution in [0, 0.1) is 13.8 Å². The molecule has 1 aromatic heterocycles. The summed E-state index contributed by atoms with van der Waals surface area (Å²) in [5.74, 6) is 0.693. The molecule has 0 bridgehead atoms. The number of carbonyl (C=O) groups excluding carboxylic acids is 1. The highest BCUT2D eigenvalue weighted by atomic mass is 32.2. The van der Waals surface area contributed by atoms with Crippen molar-refractivity contribution >= 4 is 27.4 Å². The minimum atomic E-state index is -3.75. The summed E-state index contributed by atoms with van der Waals surface area (Å²) in [7, 11) is -3.75. The number of nitrogens with one attached hydrogen (secondary N) is 2. The van der Waals surface area contributed by atoms with Crippen molar-refractivity contribution < 1.29 is 13.2 Å². The van der Waals surface area contributed by atoms with Crippen LogP contribution in [0.2, 0.25) is 0 Å². The number of aromatic nitrogens is 1. The van der Waals surface area contributed by atoms with E-state index < -0.39 is 10.0 Å². The molecular weight excluding hydrogens is 436 g/mol. The molecule has 8 heteroatoms. The maximum absolute atomic E-state index is 12.7. The first-order chi connectivity index (χ1) is 15.8. The van der Waals surface area contributed by atoms with E-state index in [2.05, 4.69) is 19.9 Å². The van der Waals surface area contributed by atoms with Crippen LogP contribution in [0.5, 0.6) is 0 Å². The number of benzene rings is 2. The van der Waals surface area contributed by atoms with Crippen LogP contribution in [0.1, 0.15) is 39.9 Å². The molecule has 0 atom stereocenters. The SMILES string of the molecule is Cc1ccc(NS(=O)(=O)c2ccc(C(=O)NCc3ccc(N4CCCC4)nc3)cc2)cc1C. The Balaban J connectivity index is 1.35. The van der Waals surface area contributed by atoms with Gasteiger partial charge >= 0.3 is 0 Å². The van der Waals surface area contributed by atoms with Gasteiger partial charge in [-0.3, -0.25) is 9.52 Å². The van der Waals surface area contributed by atoms with Crippen LogP contribution < -0.4 is 14.9 Å². The number of hydrogen-bond acceptors (Lipinski definition) is 5. The molecule has 7 nitrogen and oxygen atoms in total. The molecule has 1 saturated heterocycles. The molecule has 0 unspecified atom stereocenters. The molecule has 4 rings (SSSR count). The standard InChI is InChI=1S/C25H28N4O3S/c1-18-5-9-22(15-19(18)2)28-33(31,32)23-10-7-21(8-11-23)25(30)27-17-20-6-12-24(26-16-20)29-13-3-4-14-29/h5-12,15-16,28H,3-4,13-14,17H2,1-2H3,(H,27,30). The minimum Gasteiger partial charge on any atom is -0.357 e. The van der Waals surface area contributed by atoms with Crippen LogP contribution in [0.15, 0.2) is 65.7 Å². The second kappa shape index (κ2) is 9.62. The molecule has 3 aromatic rings. The van der Waals surface area contributed by atoms with E-state index >= 15 is 0 Å². The molecular formula is C25H28N4O3S. The maximum atomic E-state index is 12.7. The van der Waals surface area contributed by atoms with E-state index in [1.807, 2.05) is 32.0 Å². The van der Waals surface area contributed by atoms with Gasteiger partial charge in [-0.25, -0.2) is 13.4 Å². The molecule has 33 heavy (non-hydrogen) atoms. The second-order valence-corrected chi connectivity index (χ2v) is 10.0. The molecule has 0 radical (unpaired) electrons. The molecule has 1 aliphatic heterocycles. The lowest BCUT2D eigenvalue weighted by Gasteiger charge is -2.16. The van der Waals surface area contributed by atoms with E-state index in [9.17, 15) is 13.2 Å². The van der Waals surface area contributed by atoms with Crippen molar-refractivity contribution in [1.29, 1.82) is 0 Å². The smallest absolute Gasteiger partial charge is 0.261 e. The lowest BCUT2D eigenvalue weighted by molar-refractivity contribution is 0.0951. The number of sulfonamides is 1. The number of anilines is 2. The van der Waals surface area contributed by atoms with E-state index in [1.165, 1.54) is 37.1 Å². The van der Waals surface area contributed by atoms with Crippen molar-refractivity contribution in [3.05, 3.63) is 83.0 Å². The van der Waals surface area contributed by atoms with E-state index in [1.54, 1.807) is 18.3 Å². The number of pyridine rings is 1. The number of rotatable bonds is 7. The van der Waals surface area contributed by atoms with Gasteiger partial charge in [-0.05, 0) is 85.8 Å². The molecule has 2 aromatic carbocycles. The monoisotopic (exact) mass is 464 g/mol. The lowest BCUT2D eigenvalue weighted by atomic mass is 10.1. The molecule has 1 fully saturated rings. The summed E-state index contributed by atoms with van der Waals surface area (Å²) in [6.45, 7) is 6.32.